The molecule has 6 nitrogen and oxygen atoms in total. The third-order valence-corrected chi connectivity index (χ3v) is 7.44. The molecule has 4 rings (SSSR count). The number of benzene rings is 3. The summed E-state index contributed by atoms with van der Waals surface area (Å²) in [6, 6.07) is 25.1. The Kier molecular flexibility index (Phi) is 9.53. The summed E-state index contributed by atoms with van der Waals surface area (Å²) in [5, 5.41) is 23.5. The average molecular weight is 553 g/mol. The number of nitrogens with one attached hydrogen (secondary N) is 1. The maximum absolute atomic E-state index is 13.4. The summed E-state index contributed by atoms with van der Waals surface area (Å²) >= 11 is 1.53. The van der Waals surface area contributed by atoms with Crippen LogP contribution in [0.2, 0.25) is 0 Å². The van der Waals surface area contributed by atoms with Crippen LogP contribution in [-0.2, 0) is 4.79 Å². The van der Waals surface area contributed by atoms with Crippen molar-refractivity contribution in [2.24, 2.45) is 0 Å². The SMILES string of the molecule is C=C(c1ccc(C(=O)NC(CCSC)C(=O)O)c(-c2ccccc2C)c1)c1cccnc1C(O)c1ccccc1. The number of carboxylic acids is 1. The van der Waals surface area contributed by atoms with Crippen molar-refractivity contribution in [2.75, 3.05) is 12.0 Å². The fraction of sp³-hybridized carbons (Fsp3) is 0.182. The third-order valence-electron chi connectivity index (χ3n) is 6.80. The monoisotopic (exact) mass is 552 g/mol. The minimum atomic E-state index is -1.06. The van der Waals surface area contributed by atoms with Gasteiger partial charge in [-0.3, -0.25) is 9.78 Å². The Bertz CT molecular complexity index is 1520. The minimum Gasteiger partial charge on any atom is -0.480 e. The normalized spacial score (nSPS) is 12.4. The number of hydrogen-bond donors (Lipinski definition) is 3. The molecule has 3 aromatic carbocycles. The zero-order valence-electron chi connectivity index (χ0n) is 22.5. The van der Waals surface area contributed by atoms with E-state index in [1.54, 1.807) is 24.4 Å². The van der Waals surface area contributed by atoms with Gasteiger partial charge in [0.05, 0.1) is 5.69 Å². The standard InChI is InChI=1S/C33H32N2O4S/c1-21-10-7-8-13-25(21)28-20-24(15-16-27(28)32(37)35-29(33(38)39)17-19-40-3)22(2)26-14-9-18-34-30(26)31(36)23-11-5-4-6-12-23/h4-16,18,20,29,31,36H,2,17,19H2,1,3H3,(H,35,37)(H,38,39). The summed E-state index contributed by atoms with van der Waals surface area (Å²) in [7, 11) is 0. The summed E-state index contributed by atoms with van der Waals surface area (Å²) in [6.07, 6.45) is 2.92. The molecule has 2 atom stereocenters. The predicted molar refractivity (Wildman–Crippen MR) is 161 cm³/mol. The van der Waals surface area contributed by atoms with E-state index in [0.29, 0.717) is 40.1 Å². The molecule has 204 valence electrons. The molecule has 0 radical (unpaired) electrons. The lowest BCUT2D eigenvalue weighted by atomic mass is 9.89. The second-order valence-corrected chi connectivity index (χ2v) is 10.4. The van der Waals surface area contributed by atoms with E-state index < -0.39 is 24.0 Å². The van der Waals surface area contributed by atoms with Crippen LogP contribution >= 0.6 is 11.8 Å². The third kappa shape index (κ3) is 6.50. The highest BCUT2D eigenvalue weighted by Gasteiger charge is 2.24. The highest BCUT2D eigenvalue weighted by Crippen LogP contribution is 2.34. The number of carbonyl (C=O) groups is 2. The number of pyridine rings is 1. The Morgan fingerprint density at radius 1 is 0.950 bits per heavy atom. The maximum Gasteiger partial charge on any atom is 0.326 e. The molecule has 40 heavy (non-hydrogen) atoms. The Morgan fingerprint density at radius 3 is 2.38 bits per heavy atom. The van der Waals surface area contributed by atoms with Crippen LogP contribution in [0.1, 0.15) is 50.8 Å². The molecule has 4 aromatic rings. The summed E-state index contributed by atoms with van der Waals surface area (Å²) in [4.78, 5) is 29.7. The van der Waals surface area contributed by atoms with Gasteiger partial charge in [-0.05, 0) is 76.9 Å². The molecule has 0 aliphatic heterocycles. The van der Waals surface area contributed by atoms with Crippen LogP contribution < -0.4 is 5.32 Å². The molecule has 2 unspecified atom stereocenters. The van der Waals surface area contributed by atoms with Crippen molar-refractivity contribution in [3.8, 4) is 11.1 Å². The van der Waals surface area contributed by atoms with Crippen LogP contribution in [-0.4, -0.2) is 45.1 Å². The molecule has 0 spiro atoms. The first-order valence-electron chi connectivity index (χ1n) is 12.9. The number of carbonyl (C=O) groups excluding carboxylic acids is 1. The molecular weight excluding hydrogens is 520 g/mol. The zero-order chi connectivity index (χ0) is 28.6. The fourth-order valence-corrected chi connectivity index (χ4v) is 5.07. The average Bonchev–Trinajstić information content (AvgIpc) is 2.98. The molecule has 0 aliphatic carbocycles. The minimum absolute atomic E-state index is 0.324. The molecule has 0 saturated heterocycles. The van der Waals surface area contributed by atoms with Gasteiger partial charge in [-0.15, -0.1) is 0 Å². The van der Waals surface area contributed by atoms with E-state index in [-0.39, 0.29) is 0 Å². The number of aromatic nitrogens is 1. The number of carboxylic acid groups (broad SMARTS) is 1. The van der Waals surface area contributed by atoms with Crippen LogP contribution in [0.15, 0.2) is 97.7 Å². The van der Waals surface area contributed by atoms with Gasteiger partial charge < -0.3 is 15.5 Å². The second-order valence-electron chi connectivity index (χ2n) is 9.45. The number of nitrogens with zero attached hydrogens (tertiary/aromatic N) is 1. The molecule has 1 amide bonds. The number of hydrogen-bond acceptors (Lipinski definition) is 5. The van der Waals surface area contributed by atoms with E-state index in [1.807, 2.05) is 79.9 Å². The Labute approximate surface area is 238 Å². The second kappa shape index (κ2) is 13.2. The number of amides is 1. The van der Waals surface area contributed by atoms with E-state index in [0.717, 1.165) is 22.3 Å². The van der Waals surface area contributed by atoms with Gasteiger partial charge in [0.1, 0.15) is 12.1 Å². The quantitative estimate of drug-likeness (QED) is 0.207. The fourth-order valence-electron chi connectivity index (χ4n) is 4.60. The van der Waals surface area contributed by atoms with Gasteiger partial charge in [0.15, 0.2) is 0 Å². The summed E-state index contributed by atoms with van der Waals surface area (Å²) in [5.74, 6) is -0.903. The molecule has 0 fully saturated rings. The molecule has 1 aromatic heterocycles. The lowest BCUT2D eigenvalue weighted by Crippen LogP contribution is -2.41. The van der Waals surface area contributed by atoms with Crippen molar-refractivity contribution in [1.29, 1.82) is 0 Å². The van der Waals surface area contributed by atoms with Crippen LogP contribution in [0.25, 0.3) is 16.7 Å². The van der Waals surface area contributed by atoms with Gasteiger partial charge in [-0.1, -0.05) is 73.3 Å². The predicted octanol–water partition coefficient (Wildman–Crippen LogP) is 6.14. The van der Waals surface area contributed by atoms with Crippen molar-refractivity contribution in [3.63, 3.8) is 0 Å². The number of aliphatic hydroxyl groups excluding tert-OH is 1. The van der Waals surface area contributed by atoms with Crippen molar-refractivity contribution >= 4 is 29.2 Å². The van der Waals surface area contributed by atoms with Gasteiger partial charge >= 0.3 is 5.97 Å². The van der Waals surface area contributed by atoms with Crippen LogP contribution in [0.3, 0.4) is 0 Å². The Balaban J connectivity index is 1.76. The van der Waals surface area contributed by atoms with Crippen LogP contribution in [0, 0.1) is 6.92 Å². The molecule has 0 saturated carbocycles. The first-order valence-corrected chi connectivity index (χ1v) is 14.3. The van der Waals surface area contributed by atoms with E-state index in [9.17, 15) is 19.8 Å². The number of aliphatic hydroxyl groups is 1. The lowest BCUT2D eigenvalue weighted by molar-refractivity contribution is -0.139. The molecule has 0 aliphatic rings. The molecular formula is C33H32N2O4S. The summed E-state index contributed by atoms with van der Waals surface area (Å²) < 4.78 is 0. The number of aryl methyl sites for hydroxylation is 1. The zero-order valence-corrected chi connectivity index (χ0v) is 23.3. The first kappa shape index (κ1) is 28.8. The first-order chi connectivity index (χ1) is 19.3. The Hall–Kier alpha value is -4.20. The van der Waals surface area contributed by atoms with Crippen molar-refractivity contribution in [1.82, 2.24) is 10.3 Å². The van der Waals surface area contributed by atoms with E-state index >= 15 is 0 Å². The lowest BCUT2D eigenvalue weighted by Gasteiger charge is -2.19. The van der Waals surface area contributed by atoms with Crippen LogP contribution in [0.5, 0.6) is 0 Å². The van der Waals surface area contributed by atoms with Gasteiger partial charge in [-0.25, -0.2) is 4.79 Å². The van der Waals surface area contributed by atoms with E-state index in [4.69, 9.17) is 0 Å². The van der Waals surface area contributed by atoms with Gasteiger partial charge in [0, 0.05) is 17.3 Å². The largest absolute Gasteiger partial charge is 0.480 e. The van der Waals surface area contributed by atoms with Crippen molar-refractivity contribution in [3.05, 3.63) is 131 Å². The van der Waals surface area contributed by atoms with Gasteiger partial charge in [0.2, 0.25) is 0 Å². The van der Waals surface area contributed by atoms with Gasteiger partial charge in [-0.2, -0.15) is 11.8 Å². The van der Waals surface area contributed by atoms with E-state index in [1.165, 1.54) is 11.8 Å². The van der Waals surface area contributed by atoms with Crippen molar-refractivity contribution < 1.29 is 19.8 Å². The van der Waals surface area contributed by atoms with Crippen molar-refractivity contribution in [2.45, 2.75) is 25.5 Å². The highest BCUT2D eigenvalue weighted by molar-refractivity contribution is 7.98. The van der Waals surface area contributed by atoms with Gasteiger partial charge in [0.25, 0.3) is 5.91 Å². The van der Waals surface area contributed by atoms with E-state index in [2.05, 4.69) is 16.9 Å². The maximum atomic E-state index is 13.4. The smallest absolute Gasteiger partial charge is 0.326 e. The van der Waals surface area contributed by atoms with Crippen LogP contribution in [0.4, 0.5) is 0 Å². The summed E-state index contributed by atoms with van der Waals surface area (Å²) in [5.41, 5.74) is 6.15. The number of aliphatic carboxylic acids is 1. The Morgan fingerprint density at radius 2 is 1.68 bits per heavy atom. The molecule has 0 bridgehead atoms. The molecule has 1 heterocycles. The summed E-state index contributed by atoms with van der Waals surface area (Å²) in [6.45, 7) is 6.30. The molecule has 3 N–H and O–H groups in total. The number of rotatable bonds is 11. The topological polar surface area (TPSA) is 99.5 Å². The highest BCUT2D eigenvalue weighted by atomic mass is 32.2. The molecule has 7 heteroatoms. The number of thioether (sulfide) groups is 1.